The van der Waals surface area contributed by atoms with Gasteiger partial charge in [0.1, 0.15) is 5.84 Å². The van der Waals surface area contributed by atoms with Crippen LogP contribution in [0.3, 0.4) is 0 Å². The Hall–Kier alpha value is -2.93. The molecule has 7 nitrogen and oxygen atoms in total. The Morgan fingerprint density at radius 1 is 1.25 bits per heavy atom. The fourth-order valence-corrected chi connectivity index (χ4v) is 3.72. The maximum absolute atomic E-state index is 13.2. The summed E-state index contributed by atoms with van der Waals surface area (Å²) in [6, 6.07) is 3.56. The monoisotopic (exact) mass is 436 g/mol. The Morgan fingerprint density at radius 2 is 2.00 bits per heavy atom. The first-order valence-electron chi connectivity index (χ1n) is 11.2. The second kappa shape index (κ2) is 12.2. The number of aryl methyl sites for hydroxylation is 1. The van der Waals surface area contributed by atoms with Gasteiger partial charge in [-0.1, -0.05) is 20.8 Å². The number of allylic oxidation sites excluding steroid dienone is 1. The van der Waals surface area contributed by atoms with Gasteiger partial charge in [0, 0.05) is 23.7 Å². The minimum Gasteiger partial charge on any atom is -0.316 e. The summed E-state index contributed by atoms with van der Waals surface area (Å²) in [6.07, 6.45) is 6.72. The van der Waals surface area contributed by atoms with E-state index in [2.05, 4.69) is 46.3 Å². The number of amidine groups is 1. The summed E-state index contributed by atoms with van der Waals surface area (Å²) >= 11 is 0. The molecule has 0 bridgehead atoms. The van der Waals surface area contributed by atoms with Crippen LogP contribution in [0.25, 0.3) is 0 Å². The van der Waals surface area contributed by atoms with Gasteiger partial charge in [-0.3, -0.25) is 20.3 Å². The largest absolute Gasteiger partial charge is 0.316 e. The molecule has 0 aromatic carbocycles. The first-order valence-corrected chi connectivity index (χ1v) is 11.2. The van der Waals surface area contributed by atoms with Crippen molar-refractivity contribution in [1.29, 1.82) is 5.41 Å². The molecule has 32 heavy (non-hydrogen) atoms. The maximum Gasteiger partial charge on any atom is 0.186 e. The number of nitrogens with one attached hydrogen (secondary N) is 3. The molecule has 0 amide bonds. The lowest BCUT2D eigenvalue weighted by atomic mass is 9.97. The van der Waals surface area contributed by atoms with Gasteiger partial charge in [-0.2, -0.15) is 5.10 Å². The summed E-state index contributed by atoms with van der Waals surface area (Å²) in [5, 5.41) is 18.4. The minimum absolute atomic E-state index is 0.0916. The standard InChI is InChI=1S/C25H36N6O/c1-16(2)13-17(3)15-27-10-7-21(25(30-20(6)26)23-9-12-29-31-23)14-24(32)22-8-11-28-19(5)18(22)4/h8-9,11-12,14,16-17,26-27H,7,10,13,15H2,1-6H3,(H,29,31)/b21-14+,26-20?,30-25+/t17-/m1/s1. The Balaban J connectivity index is 2.31. The molecule has 1 atom stereocenters. The number of carbonyl (C=O) groups is 1. The van der Waals surface area contributed by atoms with Gasteiger partial charge in [0.15, 0.2) is 5.78 Å². The first-order chi connectivity index (χ1) is 15.2. The van der Waals surface area contributed by atoms with Crippen molar-refractivity contribution in [1.82, 2.24) is 20.5 Å². The van der Waals surface area contributed by atoms with Gasteiger partial charge in [0.05, 0.1) is 11.4 Å². The zero-order valence-corrected chi connectivity index (χ0v) is 20.1. The van der Waals surface area contributed by atoms with Crippen LogP contribution in [-0.4, -0.2) is 45.6 Å². The first kappa shape index (κ1) is 25.3. The topological polar surface area (TPSA) is 107 Å². The molecule has 2 rings (SSSR count). The van der Waals surface area contributed by atoms with Crippen molar-refractivity contribution < 1.29 is 4.79 Å². The van der Waals surface area contributed by atoms with Gasteiger partial charge in [-0.25, -0.2) is 4.99 Å². The average molecular weight is 437 g/mol. The number of rotatable bonds is 11. The number of aliphatic imine (C=N–C) groups is 1. The SMILES string of the molecule is CC(=N)/N=C(\C(=C\C(=O)c1ccnc(C)c1C)CCNC[C@H](C)CC(C)C)c1ccn[nH]1. The predicted molar refractivity (Wildman–Crippen MR) is 131 cm³/mol. The average Bonchev–Trinajstić information content (AvgIpc) is 3.24. The van der Waals surface area contributed by atoms with E-state index in [4.69, 9.17) is 5.41 Å². The number of ketones is 1. The number of aromatic amines is 1. The zero-order chi connectivity index (χ0) is 23.7. The number of H-pyrrole nitrogens is 1. The van der Waals surface area contributed by atoms with Crippen molar-refractivity contribution in [3.05, 3.63) is 58.7 Å². The third-order valence-electron chi connectivity index (χ3n) is 5.30. The van der Waals surface area contributed by atoms with Crippen molar-refractivity contribution >= 4 is 17.3 Å². The van der Waals surface area contributed by atoms with Gasteiger partial charge in [0.2, 0.25) is 0 Å². The fraction of sp³-hybridized carbons (Fsp3) is 0.480. The molecule has 2 aromatic rings. The summed E-state index contributed by atoms with van der Waals surface area (Å²) < 4.78 is 0. The van der Waals surface area contributed by atoms with E-state index in [9.17, 15) is 4.79 Å². The third kappa shape index (κ3) is 7.64. The van der Waals surface area contributed by atoms with E-state index in [1.165, 1.54) is 6.42 Å². The number of carbonyl (C=O) groups excluding carboxylic acids is 1. The molecule has 0 radical (unpaired) electrons. The van der Waals surface area contributed by atoms with Crippen molar-refractivity contribution in [2.75, 3.05) is 13.1 Å². The molecule has 0 aliphatic carbocycles. The van der Waals surface area contributed by atoms with Crippen LogP contribution in [0.15, 0.2) is 41.2 Å². The summed E-state index contributed by atoms with van der Waals surface area (Å²) in [6.45, 7) is 13.8. The molecular formula is C25H36N6O. The van der Waals surface area contributed by atoms with Crippen LogP contribution in [0, 0.1) is 31.1 Å². The molecule has 2 aromatic heterocycles. The van der Waals surface area contributed by atoms with Crippen LogP contribution in [0.5, 0.6) is 0 Å². The van der Waals surface area contributed by atoms with Gasteiger partial charge in [-0.15, -0.1) is 0 Å². The quantitative estimate of drug-likeness (QED) is 0.156. The zero-order valence-electron chi connectivity index (χ0n) is 20.1. The van der Waals surface area contributed by atoms with Crippen LogP contribution in [0.1, 0.15) is 67.8 Å². The van der Waals surface area contributed by atoms with E-state index in [-0.39, 0.29) is 11.6 Å². The molecule has 3 N–H and O–H groups in total. The van der Waals surface area contributed by atoms with Crippen molar-refractivity contribution in [2.24, 2.45) is 16.8 Å². The third-order valence-corrected chi connectivity index (χ3v) is 5.30. The van der Waals surface area contributed by atoms with E-state index in [1.807, 2.05) is 13.8 Å². The number of hydrogen-bond acceptors (Lipinski definition) is 5. The number of nitrogens with zero attached hydrogens (tertiary/aromatic N) is 3. The highest BCUT2D eigenvalue weighted by Gasteiger charge is 2.16. The van der Waals surface area contributed by atoms with Gasteiger partial charge < -0.3 is 5.32 Å². The highest BCUT2D eigenvalue weighted by molar-refractivity contribution is 6.19. The molecule has 2 heterocycles. The molecule has 0 aliphatic rings. The van der Waals surface area contributed by atoms with E-state index in [1.54, 1.807) is 37.5 Å². The Morgan fingerprint density at radius 3 is 2.62 bits per heavy atom. The maximum atomic E-state index is 13.2. The van der Waals surface area contributed by atoms with Gasteiger partial charge in [-0.05, 0) is 87.9 Å². The van der Waals surface area contributed by atoms with Crippen LogP contribution < -0.4 is 5.32 Å². The molecule has 0 saturated carbocycles. The van der Waals surface area contributed by atoms with Gasteiger partial charge >= 0.3 is 0 Å². The summed E-state index contributed by atoms with van der Waals surface area (Å²) in [5.74, 6) is 1.33. The molecule has 0 aliphatic heterocycles. The molecule has 172 valence electrons. The lowest BCUT2D eigenvalue weighted by Crippen LogP contribution is -2.24. The van der Waals surface area contributed by atoms with E-state index < -0.39 is 0 Å². The Bertz CT molecular complexity index is 972. The molecule has 0 fully saturated rings. The smallest absolute Gasteiger partial charge is 0.186 e. The van der Waals surface area contributed by atoms with Crippen molar-refractivity contribution in [2.45, 2.75) is 54.4 Å². The lowest BCUT2D eigenvalue weighted by Gasteiger charge is -2.16. The minimum atomic E-state index is -0.0916. The molecule has 0 spiro atoms. The van der Waals surface area contributed by atoms with Crippen LogP contribution in [0.4, 0.5) is 0 Å². The Labute approximate surface area is 191 Å². The summed E-state index contributed by atoms with van der Waals surface area (Å²) in [4.78, 5) is 21.9. The molecule has 0 saturated heterocycles. The van der Waals surface area contributed by atoms with Crippen molar-refractivity contribution in [3.8, 4) is 0 Å². The van der Waals surface area contributed by atoms with Crippen LogP contribution >= 0.6 is 0 Å². The highest BCUT2D eigenvalue weighted by atomic mass is 16.1. The molecule has 7 heteroatoms. The predicted octanol–water partition coefficient (Wildman–Crippen LogP) is 4.68. The highest BCUT2D eigenvalue weighted by Crippen LogP contribution is 2.17. The second-order valence-electron chi connectivity index (χ2n) is 8.81. The molecular weight excluding hydrogens is 400 g/mol. The van der Waals surface area contributed by atoms with E-state index in [0.29, 0.717) is 41.8 Å². The number of pyridine rings is 1. The number of aromatic nitrogens is 3. The van der Waals surface area contributed by atoms with Crippen molar-refractivity contribution in [3.63, 3.8) is 0 Å². The Kier molecular flexibility index (Phi) is 9.65. The fourth-order valence-electron chi connectivity index (χ4n) is 3.72. The molecule has 0 unspecified atom stereocenters. The number of hydrogen-bond donors (Lipinski definition) is 3. The normalized spacial score (nSPS) is 13.5. The van der Waals surface area contributed by atoms with Crippen LogP contribution in [0.2, 0.25) is 0 Å². The lowest BCUT2D eigenvalue weighted by molar-refractivity contribution is 0.104. The summed E-state index contributed by atoms with van der Waals surface area (Å²) in [5.41, 5.74) is 4.37. The van der Waals surface area contributed by atoms with Crippen LogP contribution in [-0.2, 0) is 0 Å². The summed E-state index contributed by atoms with van der Waals surface area (Å²) in [7, 11) is 0. The van der Waals surface area contributed by atoms with Gasteiger partial charge in [0.25, 0.3) is 0 Å². The van der Waals surface area contributed by atoms with E-state index >= 15 is 0 Å². The second-order valence-corrected chi connectivity index (χ2v) is 8.81. The van der Waals surface area contributed by atoms with E-state index in [0.717, 1.165) is 23.4 Å².